The van der Waals surface area contributed by atoms with Gasteiger partial charge in [0.25, 0.3) is 11.6 Å². The summed E-state index contributed by atoms with van der Waals surface area (Å²) in [5.74, 6) is -0.112. The Balaban J connectivity index is 1.83. The maximum Gasteiger partial charge on any atom is 0.271 e. The molecular weight excluding hydrogens is 453 g/mol. The number of carbonyl (C=O) groups is 1. The van der Waals surface area contributed by atoms with Gasteiger partial charge in [0.2, 0.25) is 0 Å². The molecule has 0 aliphatic heterocycles. The van der Waals surface area contributed by atoms with Gasteiger partial charge in [0.05, 0.1) is 20.7 Å². The molecule has 0 saturated heterocycles. The molecule has 0 aliphatic rings. The van der Waals surface area contributed by atoms with Crippen LogP contribution in [0.25, 0.3) is 17.4 Å². The topological polar surface area (TPSA) is 109 Å². The van der Waals surface area contributed by atoms with Crippen molar-refractivity contribution in [2.45, 2.75) is 0 Å². The molecular formula is C20H10Cl3N3O4. The van der Waals surface area contributed by atoms with Crippen molar-refractivity contribution in [2.75, 3.05) is 5.32 Å². The van der Waals surface area contributed by atoms with Gasteiger partial charge in [-0.2, -0.15) is 5.26 Å². The van der Waals surface area contributed by atoms with E-state index in [1.807, 2.05) is 0 Å². The van der Waals surface area contributed by atoms with Crippen LogP contribution in [0.1, 0.15) is 5.76 Å². The molecule has 10 heteroatoms. The zero-order valence-electron chi connectivity index (χ0n) is 14.9. The molecule has 0 fully saturated rings. The molecule has 150 valence electrons. The van der Waals surface area contributed by atoms with Crippen LogP contribution in [0.4, 0.5) is 11.4 Å². The minimum atomic E-state index is -0.757. The second-order valence-electron chi connectivity index (χ2n) is 5.87. The van der Waals surface area contributed by atoms with Gasteiger partial charge in [0, 0.05) is 28.8 Å². The van der Waals surface area contributed by atoms with Gasteiger partial charge in [-0.25, -0.2) is 0 Å². The van der Waals surface area contributed by atoms with Crippen molar-refractivity contribution < 1.29 is 14.1 Å². The van der Waals surface area contributed by atoms with Crippen LogP contribution in [0.2, 0.25) is 15.1 Å². The number of non-ortho nitro benzene ring substituents is 1. The van der Waals surface area contributed by atoms with E-state index in [1.165, 1.54) is 18.2 Å². The van der Waals surface area contributed by atoms with Gasteiger partial charge in [0.1, 0.15) is 23.2 Å². The second kappa shape index (κ2) is 9.01. The average Bonchev–Trinajstić information content (AvgIpc) is 3.17. The Morgan fingerprint density at radius 2 is 1.87 bits per heavy atom. The van der Waals surface area contributed by atoms with Crippen LogP contribution < -0.4 is 5.32 Å². The Morgan fingerprint density at radius 3 is 2.53 bits per heavy atom. The number of rotatable bonds is 5. The number of amides is 1. The van der Waals surface area contributed by atoms with Crippen LogP contribution in [-0.2, 0) is 4.79 Å². The number of nitrogens with one attached hydrogen (secondary N) is 1. The molecule has 1 amide bonds. The summed E-state index contributed by atoms with van der Waals surface area (Å²) < 4.78 is 5.65. The first-order valence-electron chi connectivity index (χ1n) is 8.21. The number of carbonyl (C=O) groups excluding carboxylic acids is 1. The highest BCUT2D eigenvalue weighted by molar-refractivity contribution is 6.35. The molecule has 0 saturated carbocycles. The maximum atomic E-state index is 12.4. The molecule has 2 aromatic carbocycles. The highest BCUT2D eigenvalue weighted by Crippen LogP contribution is 2.32. The first-order chi connectivity index (χ1) is 14.3. The van der Waals surface area contributed by atoms with Crippen LogP contribution in [-0.4, -0.2) is 10.8 Å². The lowest BCUT2D eigenvalue weighted by Crippen LogP contribution is -2.13. The molecule has 0 unspecified atom stereocenters. The van der Waals surface area contributed by atoms with E-state index in [1.54, 1.807) is 36.4 Å². The van der Waals surface area contributed by atoms with E-state index in [2.05, 4.69) is 5.32 Å². The van der Waals surface area contributed by atoms with E-state index in [0.717, 1.165) is 6.07 Å². The Kier molecular flexibility index (Phi) is 6.43. The molecule has 7 nitrogen and oxygen atoms in total. The van der Waals surface area contributed by atoms with E-state index in [4.69, 9.17) is 39.2 Å². The quantitative estimate of drug-likeness (QED) is 0.205. The van der Waals surface area contributed by atoms with Crippen molar-refractivity contribution in [2.24, 2.45) is 0 Å². The molecule has 1 aromatic heterocycles. The van der Waals surface area contributed by atoms with Crippen LogP contribution in [0.15, 0.2) is 58.5 Å². The zero-order chi connectivity index (χ0) is 21.8. The Hall–Kier alpha value is -3.31. The predicted molar refractivity (Wildman–Crippen MR) is 114 cm³/mol. The third kappa shape index (κ3) is 4.81. The number of halogens is 3. The van der Waals surface area contributed by atoms with Crippen molar-refractivity contribution in [3.05, 3.63) is 85.0 Å². The van der Waals surface area contributed by atoms with E-state index in [0.29, 0.717) is 21.4 Å². The van der Waals surface area contributed by atoms with E-state index < -0.39 is 10.8 Å². The monoisotopic (exact) mass is 461 g/mol. The minimum absolute atomic E-state index is 0.0364. The average molecular weight is 463 g/mol. The number of nitrogens with zero attached hydrogens (tertiary/aromatic N) is 2. The van der Waals surface area contributed by atoms with Crippen molar-refractivity contribution in [1.29, 1.82) is 5.26 Å². The molecule has 0 bridgehead atoms. The Bertz CT molecular complexity index is 1230. The highest BCUT2D eigenvalue weighted by atomic mass is 35.5. The number of furan rings is 1. The molecule has 1 heterocycles. The van der Waals surface area contributed by atoms with E-state index in [9.17, 15) is 20.2 Å². The molecule has 0 radical (unpaired) electrons. The minimum Gasteiger partial charge on any atom is -0.457 e. The fraction of sp³-hybridized carbons (Fsp3) is 0. The van der Waals surface area contributed by atoms with E-state index in [-0.39, 0.29) is 27.7 Å². The molecule has 1 N–H and O–H groups in total. The summed E-state index contributed by atoms with van der Waals surface area (Å²) in [5, 5.41) is 23.4. The van der Waals surface area contributed by atoms with Crippen LogP contribution in [0.5, 0.6) is 0 Å². The highest BCUT2D eigenvalue weighted by Gasteiger charge is 2.16. The lowest BCUT2D eigenvalue weighted by molar-refractivity contribution is -0.384. The third-order valence-electron chi connectivity index (χ3n) is 3.88. The van der Waals surface area contributed by atoms with E-state index >= 15 is 0 Å². The fourth-order valence-electron chi connectivity index (χ4n) is 2.46. The molecule has 3 rings (SSSR count). The molecule has 30 heavy (non-hydrogen) atoms. The van der Waals surface area contributed by atoms with Gasteiger partial charge in [0.15, 0.2) is 0 Å². The summed E-state index contributed by atoms with van der Waals surface area (Å²) in [5.41, 5.74) is 0.197. The lowest BCUT2D eigenvalue weighted by Gasteiger charge is -2.06. The second-order valence-corrected chi connectivity index (χ2v) is 7.12. The van der Waals surface area contributed by atoms with Crippen LogP contribution >= 0.6 is 34.8 Å². The SMILES string of the molecule is N#CC(=Cc1ccc(-c2cc(Cl)ccc2Cl)o1)C(=O)Nc1ccc([N+](=O)[O-])cc1Cl. The standard InChI is InChI=1S/C20H10Cl3N3O4/c21-12-1-4-16(22)15(8-12)19-6-3-14(30-19)7-11(10-24)20(27)25-18-5-2-13(26(28)29)9-17(18)23/h1-9H,(H,25,27). The third-order valence-corrected chi connectivity index (χ3v) is 4.76. The largest absolute Gasteiger partial charge is 0.457 e. The summed E-state index contributed by atoms with van der Waals surface area (Å²) in [6, 6.07) is 13.4. The zero-order valence-corrected chi connectivity index (χ0v) is 17.1. The smallest absolute Gasteiger partial charge is 0.271 e. The van der Waals surface area contributed by atoms with Crippen molar-refractivity contribution in [3.8, 4) is 17.4 Å². The molecule has 0 aliphatic carbocycles. The fourth-order valence-corrected chi connectivity index (χ4v) is 3.07. The van der Waals surface area contributed by atoms with Crippen LogP contribution in [0, 0.1) is 21.4 Å². The molecule has 3 aromatic rings. The van der Waals surface area contributed by atoms with Gasteiger partial charge >= 0.3 is 0 Å². The summed E-state index contributed by atoms with van der Waals surface area (Å²) in [4.78, 5) is 22.6. The number of anilines is 1. The number of benzene rings is 2. The van der Waals surface area contributed by atoms with Crippen molar-refractivity contribution in [1.82, 2.24) is 0 Å². The lowest BCUT2D eigenvalue weighted by atomic mass is 10.2. The van der Waals surface area contributed by atoms with Gasteiger partial charge in [-0.15, -0.1) is 0 Å². The summed E-state index contributed by atoms with van der Waals surface area (Å²) in [6.07, 6.45) is 1.25. The Morgan fingerprint density at radius 1 is 1.10 bits per heavy atom. The number of hydrogen-bond acceptors (Lipinski definition) is 5. The number of nitro benzene ring substituents is 1. The van der Waals surface area contributed by atoms with Crippen molar-refractivity contribution in [3.63, 3.8) is 0 Å². The molecule has 0 atom stereocenters. The van der Waals surface area contributed by atoms with Gasteiger partial charge < -0.3 is 9.73 Å². The normalized spacial score (nSPS) is 11.1. The Labute approximate surface area is 185 Å². The molecule has 0 spiro atoms. The number of nitriles is 1. The maximum absolute atomic E-state index is 12.4. The van der Waals surface area contributed by atoms with Gasteiger partial charge in [-0.1, -0.05) is 34.8 Å². The predicted octanol–water partition coefficient (Wildman–Crippen LogP) is 6.36. The summed E-state index contributed by atoms with van der Waals surface area (Å²) >= 11 is 18.1. The van der Waals surface area contributed by atoms with Gasteiger partial charge in [-0.3, -0.25) is 14.9 Å². The number of hydrogen-bond donors (Lipinski definition) is 1. The summed E-state index contributed by atoms with van der Waals surface area (Å²) in [6.45, 7) is 0. The summed E-state index contributed by atoms with van der Waals surface area (Å²) in [7, 11) is 0. The van der Waals surface area contributed by atoms with Crippen molar-refractivity contribution >= 4 is 58.2 Å². The number of nitro groups is 1. The first kappa shape index (κ1) is 21.4. The van der Waals surface area contributed by atoms with Gasteiger partial charge in [-0.05, 0) is 36.4 Å². The first-order valence-corrected chi connectivity index (χ1v) is 9.34. The van der Waals surface area contributed by atoms with Crippen LogP contribution in [0.3, 0.4) is 0 Å².